The summed E-state index contributed by atoms with van der Waals surface area (Å²) in [4.78, 5) is 12.6. The Morgan fingerprint density at radius 3 is 3.07 bits per heavy atom. The predicted octanol–water partition coefficient (Wildman–Crippen LogP) is 0.493. The standard InChI is InChI=1S/C9H13N3O2/c1-2-7-8(3-10-11-7)12-4-6(5-12)9(13)14/h3,6H,2,4-5H2,1H3,(H,10,11)(H,13,14). The van der Waals surface area contributed by atoms with Crippen molar-refractivity contribution in [3.63, 3.8) is 0 Å². The highest BCUT2D eigenvalue weighted by Crippen LogP contribution is 2.26. The molecule has 0 radical (unpaired) electrons. The van der Waals surface area contributed by atoms with Crippen LogP contribution in [0.15, 0.2) is 6.20 Å². The van der Waals surface area contributed by atoms with Gasteiger partial charge in [-0.05, 0) is 6.42 Å². The van der Waals surface area contributed by atoms with Crippen molar-refractivity contribution in [2.75, 3.05) is 18.0 Å². The van der Waals surface area contributed by atoms with Gasteiger partial charge in [0.15, 0.2) is 0 Å². The number of aliphatic carboxylic acids is 1. The quantitative estimate of drug-likeness (QED) is 0.736. The van der Waals surface area contributed by atoms with Gasteiger partial charge in [0.25, 0.3) is 0 Å². The summed E-state index contributed by atoms with van der Waals surface area (Å²) in [5, 5.41) is 15.6. The number of aromatic nitrogens is 2. The van der Waals surface area contributed by atoms with Gasteiger partial charge < -0.3 is 10.0 Å². The van der Waals surface area contributed by atoms with Crippen LogP contribution in [0.25, 0.3) is 0 Å². The van der Waals surface area contributed by atoms with Crippen molar-refractivity contribution in [2.24, 2.45) is 5.92 Å². The van der Waals surface area contributed by atoms with Crippen LogP contribution in [-0.4, -0.2) is 34.4 Å². The number of aryl methyl sites for hydroxylation is 1. The van der Waals surface area contributed by atoms with Gasteiger partial charge in [0.2, 0.25) is 0 Å². The number of H-pyrrole nitrogens is 1. The lowest BCUT2D eigenvalue weighted by molar-refractivity contribution is -0.142. The van der Waals surface area contributed by atoms with E-state index in [2.05, 4.69) is 10.2 Å². The predicted molar refractivity (Wildman–Crippen MR) is 51.3 cm³/mol. The van der Waals surface area contributed by atoms with Crippen LogP contribution < -0.4 is 4.90 Å². The minimum absolute atomic E-state index is 0.213. The van der Waals surface area contributed by atoms with Crippen LogP contribution in [0, 0.1) is 5.92 Å². The molecule has 0 aromatic carbocycles. The number of carboxylic acids is 1. The highest BCUT2D eigenvalue weighted by atomic mass is 16.4. The van der Waals surface area contributed by atoms with E-state index in [0.717, 1.165) is 17.8 Å². The zero-order chi connectivity index (χ0) is 10.1. The molecule has 0 spiro atoms. The first-order valence-electron chi connectivity index (χ1n) is 4.72. The van der Waals surface area contributed by atoms with E-state index in [1.807, 2.05) is 11.8 Å². The third kappa shape index (κ3) is 1.34. The van der Waals surface area contributed by atoms with Crippen molar-refractivity contribution in [3.05, 3.63) is 11.9 Å². The van der Waals surface area contributed by atoms with Gasteiger partial charge in [-0.3, -0.25) is 9.89 Å². The molecular formula is C9H13N3O2. The molecule has 1 fully saturated rings. The molecule has 0 atom stereocenters. The summed E-state index contributed by atoms with van der Waals surface area (Å²) in [6.07, 6.45) is 2.65. The Morgan fingerprint density at radius 1 is 1.79 bits per heavy atom. The first-order chi connectivity index (χ1) is 6.72. The number of hydrogen-bond donors (Lipinski definition) is 2. The summed E-state index contributed by atoms with van der Waals surface area (Å²) in [6, 6.07) is 0. The second-order valence-electron chi connectivity index (χ2n) is 3.53. The van der Waals surface area contributed by atoms with Crippen LogP contribution in [0.4, 0.5) is 5.69 Å². The van der Waals surface area contributed by atoms with Crippen LogP contribution in [0.5, 0.6) is 0 Å². The lowest BCUT2D eigenvalue weighted by atomic mass is 9.99. The molecule has 2 N–H and O–H groups in total. The van der Waals surface area contributed by atoms with Gasteiger partial charge in [0, 0.05) is 13.1 Å². The third-order valence-electron chi connectivity index (χ3n) is 2.62. The van der Waals surface area contributed by atoms with Crippen molar-refractivity contribution in [1.29, 1.82) is 0 Å². The monoisotopic (exact) mass is 195 g/mol. The number of nitrogens with zero attached hydrogens (tertiary/aromatic N) is 2. The smallest absolute Gasteiger partial charge is 0.310 e. The normalized spacial score (nSPS) is 16.8. The van der Waals surface area contributed by atoms with Crippen molar-refractivity contribution in [1.82, 2.24) is 10.2 Å². The van der Waals surface area contributed by atoms with Gasteiger partial charge in [-0.2, -0.15) is 5.10 Å². The second kappa shape index (κ2) is 3.32. The molecule has 0 unspecified atom stereocenters. The zero-order valence-electron chi connectivity index (χ0n) is 8.03. The average Bonchev–Trinajstić information content (AvgIpc) is 2.48. The molecule has 1 aliphatic heterocycles. The second-order valence-corrected chi connectivity index (χ2v) is 3.53. The third-order valence-corrected chi connectivity index (χ3v) is 2.62. The van der Waals surface area contributed by atoms with Crippen LogP contribution in [0.2, 0.25) is 0 Å². The van der Waals surface area contributed by atoms with Gasteiger partial charge in [-0.25, -0.2) is 0 Å². The summed E-state index contributed by atoms with van der Waals surface area (Å²) in [6.45, 7) is 3.25. The van der Waals surface area contributed by atoms with Crippen LogP contribution in [-0.2, 0) is 11.2 Å². The number of nitrogens with one attached hydrogen (secondary N) is 1. The Kier molecular flexibility index (Phi) is 2.15. The fourth-order valence-corrected chi connectivity index (χ4v) is 1.67. The summed E-state index contributed by atoms with van der Waals surface area (Å²) in [7, 11) is 0. The van der Waals surface area contributed by atoms with Crippen molar-refractivity contribution < 1.29 is 9.90 Å². The summed E-state index contributed by atoms with van der Waals surface area (Å²) in [5.41, 5.74) is 2.12. The van der Waals surface area contributed by atoms with E-state index in [1.165, 1.54) is 0 Å². The number of anilines is 1. The lowest BCUT2D eigenvalue weighted by Gasteiger charge is -2.38. The van der Waals surface area contributed by atoms with E-state index >= 15 is 0 Å². The number of rotatable bonds is 3. The number of carbonyl (C=O) groups is 1. The molecule has 2 rings (SSSR count). The van der Waals surface area contributed by atoms with Crippen molar-refractivity contribution >= 4 is 11.7 Å². The maximum Gasteiger partial charge on any atom is 0.310 e. The molecule has 0 amide bonds. The molecule has 2 heterocycles. The maximum atomic E-state index is 10.6. The minimum Gasteiger partial charge on any atom is -0.481 e. The summed E-state index contributed by atoms with van der Waals surface area (Å²) < 4.78 is 0. The molecule has 1 saturated heterocycles. The molecule has 5 heteroatoms. The molecule has 76 valence electrons. The van der Waals surface area contributed by atoms with Crippen LogP contribution in [0.3, 0.4) is 0 Å². The van der Waals surface area contributed by atoms with E-state index in [4.69, 9.17) is 5.11 Å². The summed E-state index contributed by atoms with van der Waals surface area (Å²) >= 11 is 0. The minimum atomic E-state index is -0.706. The largest absolute Gasteiger partial charge is 0.481 e. The Balaban J connectivity index is 2.02. The molecular weight excluding hydrogens is 182 g/mol. The van der Waals surface area contributed by atoms with Gasteiger partial charge in [0.1, 0.15) is 0 Å². The fraction of sp³-hybridized carbons (Fsp3) is 0.556. The number of carboxylic acid groups (broad SMARTS) is 1. The Bertz CT molecular complexity index is 342. The number of hydrogen-bond acceptors (Lipinski definition) is 3. The topological polar surface area (TPSA) is 69.2 Å². The average molecular weight is 195 g/mol. The lowest BCUT2D eigenvalue weighted by Crippen LogP contribution is -2.50. The van der Waals surface area contributed by atoms with E-state index < -0.39 is 5.97 Å². The molecule has 14 heavy (non-hydrogen) atoms. The molecule has 0 saturated carbocycles. The molecule has 0 aliphatic carbocycles. The molecule has 5 nitrogen and oxygen atoms in total. The van der Waals surface area contributed by atoms with Crippen molar-refractivity contribution in [3.8, 4) is 0 Å². The zero-order valence-corrected chi connectivity index (χ0v) is 8.03. The Morgan fingerprint density at radius 2 is 2.50 bits per heavy atom. The van der Waals surface area contributed by atoms with Gasteiger partial charge in [0.05, 0.1) is 23.5 Å². The first-order valence-corrected chi connectivity index (χ1v) is 4.72. The van der Waals surface area contributed by atoms with E-state index in [9.17, 15) is 4.79 Å². The highest BCUT2D eigenvalue weighted by molar-refractivity contribution is 5.74. The van der Waals surface area contributed by atoms with Gasteiger partial charge in [-0.15, -0.1) is 0 Å². The molecule has 1 aliphatic rings. The molecule has 1 aromatic rings. The highest BCUT2D eigenvalue weighted by Gasteiger charge is 2.33. The maximum absolute atomic E-state index is 10.6. The molecule has 0 bridgehead atoms. The van der Waals surface area contributed by atoms with Gasteiger partial charge >= 0.3 is 5.97 Å². The van der Waals surface area contributed by atoms with E-state index in [1.54, 1.807) is 6.20 Å². The Labute approximate surface area is 81.7 Å². The SMILES string of the molecule is CCc1[nH]ncc1N1CC(C(=O)O)C1. The fourth-order valence-electron chi connectivity index (χ4n) is 1.67. The molecule has 1 aromatic heterocycles. The van der Waals surface area contributed by atoms with Crippen molar-refractivity contribution in [2.45, 2.75) is 13.3 Å². The van der Waals surface area contributed by atoms with Crippen LogP contribution >= 0.6 is 0 Å². The number of aromatic amines is 1. The Hall–Kier alpha value is -1.52. The van der Waals surface area contributed by atoms with E-state index in [0.29, 0.717) is 13.1 Å². The van der Waals surface area contributed by atoms with Gasteiger partial charge in [-0.1, -0.05) is 6.92 Å². The van der Waals surface area contributed by atoms with Crippen LogP contribution in [0.1, 0.15) is 12.6 Å². The van der Waals surface area contributed by atoms with E-state index in [-0.39, 0.29) is 5.92 Å². The summed E-state index contributed by atoms with van der Waals surface area (Å²) in [5.74, 6) is -0.919. The first kappa shape index (κ1) is 9.05.